The largest absolute Gasteiger partial charge is 0.478 e. The molecule has 0 saturated heterocycles. The van der Waals surface area contributed by atoms with E-state index in [0.29, 0.717) is 9.26 Å². The second kappa shape index (κ2) is 4.31. The normalized spacial score (nSPS) is 10.6. The van der Waals surface area contributed by atoms with Gasteiger partial charge in [-0.25, -0.2) is 9.78 Å². The third-order valence-corrected chi connectivity index (χ3v) is 2.03. The summed E-state index contributed by atoms with van der Waals surface area (Å²) in [5.74, 6) is -1.67. The lowest BCUT2D eigenvalue weighted by Crippen LogP contribution is -1.91. The standard InChI is InChI=1S/C8H5FINO2/c9-8-6(10)3-1-5(11-8)2-4-7(12)13/h1-4H,(H,12,13)/b4-2+. The molecule has 68 valence electrons. The van der Waals surface area contributed by atoms with Crippen LogP contribution in [0.15, 0.2) is 18.2 Å². The Hall–Kier alpha value is -0.980. The molecule has 3 nitrogen and oxygen atoms in total. The molecular weight excluding hydrogens is 288 g/mol. The Labute approximate surface area is 87.4 Å². The van der Waals surface area contributed by atoms with Crippen molar-refractivity contribution >= 4 is 34.6 Å². The third-order valence-electron chi connectivity index (χ3n) is 1.22. The monoisotopic (exact) mass is 293 g/mol. The number of halogens is 2. The number of carbonyl (C=O) groups is 1. The van der Waals surface area contributed by atoms with E-state index in [4.69, 9.17) is 5.11 Å². The number of hydrogen-bond acceptors (Lipinski definition) is 2. The maximum Gasteiger partial charge on any atom is 0.328 e. The summed E-state index contributed by atoms with van der Waals surface area (Å²) in [4.78, 5) is 13.6. The van der Waals surface area contributed by atoms with Crippen molar-refractivity contribution in [2.45, 2.75) is 0 Å². The van der Waals surface area contributed by atoms with Crippen LogP contribution in [0, 0.1) is 9.52 Å². The van der Waals surface area contributed by atoms with Crippen LogP contribution in [0.2, 0.25) is 0 Å². The maximum atomic E-state index is 12.8. The molecule has 1 N–H and O–H groups in total. The number of carboxylic acid groups (broad SMARTS) is 1. The molecule has 1 aromatic rings. The van der Waals surface area contributed by atoms with Gasteiger partial charge in [-0.1, -0.05) is 0 Å². The number of pyridine rings is 1. The fraction of sp³-hybridized carbons (Fsp3) is 0. The molecule has 0 spiro atoms. The lowest BCUT2D eigenvalue weighted by Gasteiger charge is -1.94. The smallest absolute Gasteiger partial charge is 0.328 e. The molecule has 0 unspecified atom stereocenters. The Morgan fingerprint density at radius 1 is 1.62 bits per heavy atom. The first-order chi connectivity index (χ1) is 6.09. The van der Waals surface area contributed by atoms with E-state index in [1.165, 1.54) is 12.1 Å². The Morgan fingerprint density at radius 2 is 2.31 bits per heavy atom. The first kappa shape index (κ1) is 10.1. The summed E-state index contributed by atoms with van der Waals surface area (Å²) in [6.45, 7) is 0. The second-order valence-electron chi connectivity index (χ2n) is 2.18. The quantitative estimate of drug-likeness (QED) is 0.515. The third kappa shape index (κ3) is 3.10. The zero-order chi connectivity index (χ0) is 9.84. The first-order valence-corrected chi connectivity index (χ1v) is 4.40. The lowest BCUT2D eigenvalue weighted by molar-refractivity contribution is -0.131. The SMILES string of the molecule is O=C(O)/C=C/c1ccc(I)c(F)n1. The summed E-state index contributed by atoms with van der Waals surface area (Å²) < 4.78 is 13.2. The van der Waals surface area contributed by atoms with Crippen LogP contribution >= 0.6 is 22.6 Å². The molecule has 0 aromatic carbocycles. The van der Waals surface area contributed by atoms with E-state index in [1.807, 2.05) is 0 Å². The molecule has 1 rings (SSSR count). The van der Waals surface area contributed by atoms with Gasteiger partial charge >= 0.3 is 5.97 Å². The van der Waals surface area contributed by atoms with E-state index >= 15 is 0 Å². The summed E-state index contributed by atoms with van der Waals surface area (Å²) in [5.41, 5.74) is 0.292. The van der Waals surface area contributed by atoms with Gasteiger partial charge in [0.2, 0.25) is 5.95 Å². The van der Waals surface area contributed by atoms with E-state index in [0.717, 1.165) is 6.08 Å². The zero-order valence-electron chi connectivity index (χ0n) is 6.37. The van der Waals surface area contributed by atoms with Crippen molar-refractivity contribution in [1.29, 1.82) is 0 Å². The molecule has 5 heteroatoms. The van der Waals surface area contributed by atoms with E-state index in [-0.39, 0.29) is 0 Å². The Balaban J connectivity index is 2.92. The van der Waals surface area contributed by atoms with Crippen molar-refractivity contribution in [3.05, 3.63) is 33.4 Å². The van der Waals surface area contributed by atoms with Gasteiger partial charge in [0.25, 0.3) is 0 Å². The minimum atomic E-state index is -1.08. The molecule has 0 amide bonds. The van der Waals surface area contributed by atoms with Gasteiger partial charge in [-0.3, -0.25) is 0 Å². The van der Waals surface area contributed by atoms with E-state index in [9.17, 15) is 9.18 Å². The number of rotatable bonds is 2. The molecule has 0 atom stereocenters. The maximum absolute atomic E-state index is 12.8. The Kier molecular flexibility index (Phi) is 3.35. The highest BCUT2D eigenvalue weighted by Crippen LogP contribution is 2.09. The van der Waals surface area contributed by atoms with Gasteiger partial charge in [-0.15, -0.1) is 0 Å². The Morgan fingerprint density at radius 3 is 2.85 bits per heavy atom. The van der Waals surface area contributed by atoms with E-state index in [1.54, 1.807) is 28.7 Å². The van der Waals surface area contributed by atoms with Gasteiger partial charge in [0, 0.05) is 6.08 Å². The fourth-order valence-corrected chi connectivity index (χ4v) is 0.981. The number of aliphatic carboxylic acids is 1. The lowest BCUT2D eigenvalue weighted by atomic mass is 10.3. The molecule has 0 aliphatic carbocycles. The predicted molar refractivity (Wildman–Crippen MR) is 53.6 cm³/mol. The highest BCUT2D eigenvalue weighted by molar-refractivity contribution is 14.1. The van der Waals surface area contributed by atoms with Gasteiger partial charge in [0.1, 0.15) is 0 Å². The minimum Gasteiger partial charge on any atom is -0.478 e. The van der Waals surface area contributed by atoms with Crippen LogP contribution in [0.3, 0.4) is 0 Å². The average Bonchev–Trinajstić information content (AvgIpc) is 2.07. The van der Waals surface area contributed by atoms with Gasteiger partial charge in [-0.05, 0) is 40.8 Å². The molecule has 1 heterocycles. The number of aromatic nitrogens is 1. The van der Waals surface area contributed by atoms with Crippen LogP contribution in [0.4, 0.5) is 4.39 Å². The van der Waals surface area contributed by atoms with Crippen molar-refractivity contribution in [1.82, 2.24) is 4.98 Å². The van der Waals surface area contributed by atoms with Gasteiger partial charge in [-0.2, -0.15) is 4.39 Å². The summed E-state index contributed by atoms with van der Waals surface area (Å²) in [7, 11) is 0. The van der Waals surface area contributed by atoms with Crippen molar-refractivity contribution in [2.75, 3.05) is 0 Å². The van der Waals surface area contributed by atoms with Crippen LogP contribution in [0.25, 0.3) is 6.08 Å². The average molecular weight is 293 g/mol. The summed E-state index contributed by atoms with van der Waals surface area (Å²) in [6.07, 6.45) is 2.15. The van der Waals surface area contributed by atoms with Crippen LogP contribution in [0.1, 0.15) is 5.69 Å². The molecule has 13 heavy (non-hydrogen) atoms. The van der Waals surface area contributed by atoms with Crippen LogP contribution in [0.5, 0.6) is 0 Å². The highest BCUT2D eigenvalue weighted by Gasteiger charge is 1.99. The predicted octanol–water partition coefficient (Wildman–Crippen LogP) is 1.92. The van der Waals surface area contributed by atoms with Gasteiger partial charge in [0.15, 0.2) is 0 Å². The van der Waals surface area contributed by atoms with Crippen LogP contribution in [-0.2, 0) is 4.79 Å². The van der Waals surface area contributed by atoms with Crippen molar-refractivity contribution in [3.63, 3.8) is 0 Å². The van der Waals surface area contributed by atoms with E-state index in [2.05, 4.69) is 4.98 Å². The number of carboxylic acids is 1. The number of hydrogen-bond donors (Lipinski definition) is 1. The second-order valence-corrected chi connectivity index (χ2v) is 3.34. The molecule has 1 aromatic heterocycles. The fourth-order valence-electron chi connectivity index (χ4n) is 0.681. The van der Waals surface area contributed by atoms with Gasteiger partial charge in [0.05, 0.1) is 9.26 Å². The molecule has 0 saturated carbocycles. The van der Waals surface area contributed by atoms with Gasteiger partial charge < -0.3 is 5.11 Å². The summed E-state index contributed by atoms with van der Waals surface area (Å²) in [5, 5.41) is 8.29. The van der Waals surface area contributed by atoms with Crippen LogP contribution in [-0.4, -0.2) is 16.1 Å². The zero-order valence-corrected chi connectivity index (χ0v) is 8.53. The molecule has 0 fully saturated rings. The Bertz CT molecular complexity index is 365. The topological polar surface area (TPSA) is 50.2 Å². The van der Waals surface area contributed by atoms with E-state index < -0.39 is 11.9 Å². The molecule has 0 bridgehead atoms. The van der Waals surface area contributed by atoms with Crippen LogP contribution < -0.4 is 0 Å². The van der Waals surface area contributed by atoms with Crippen molar-refractivity contribution in [3.8, 4) is 0 Å². The first-order valence-electron chi connectivity index (χ1n) is 3.32. The van der Waals surface area contributed by atoms with Crippen molar-refractivity contribution < 1.29 is 14.3 Å². The molecule has 0 aliphatic heterocycles. The summed E-state index contributed by atoms with van der Waals surface area (Å²) >= 11 is 1.80. The molecule has 0 radical (unpaired) electrons. The minimum absolute atomic E-state index is 0.292. The highest BCUT2D eigenvalue weighted by atomic mass is 127. The molecule has 0 aliphatic rings. The number of nitrogens with zero attached hydrogens (tertiary/aromatic N) is 1. The molecular formula is C8H5FINO2. The van der Waals surface area contributed by atoms with Crippen molar-refractivity contribution in [2.24, 2.45) is 0 Å². The summed E-state index contributed by atoms with van der Waals surface area (Å²) in [6, 6.07) is 3.08.